The molecule has 3 fully saturated rings. The lowest BCUT2D eigenvalue weighted by molar-refractivity contribution is 0.0271. The van der Waals surface area contributed by atoms with E-state index in [0.29, 0.717) is 10.8 Å². The summed E-state index contributed by atoms with van der Waals surface area (Å²) >= 11 is 0. The van der Waals surface area contributed by atoms with Gasteiger partial charge in [0.2, 0.25) is 0 Å². The third kappa shape index (κ3) is 2.70. The van der Waals surface area contributed by atoms with Crippen molar-refractivity contribution in [2.24, 2.45) is 46.3 Å². The summed E-state index contributed by atoms with van der Waals surface area (Å²) in [6, 6.07) is 0. The van der Waals surface area contributed by atoms with Gasteiger partial charge in [-0.3, -0.25) is 0 Å². The van der Waals surface area contributed by atoms with Crippen LogP contribution in [0.25, 0.3) is 0 Å². The minimum absolute atomic E-state index is 0.596. The van der Waals surface area contributed by atoms with E-state index >= 15 is 0 Å². The van der Waals surface area contributed by atoms with Gasteiger partial charge in [0, 0.05) is 0 Å². The highest BCUT2D eigenvalue weighted by molar-refractivity contribution is 5.09. The van der Waals surface area contributed by atoms with Crippen molar-refractivity contribution in [3.63, 3.8) is 0 Å². The Morgan fingerprint density at radius 3 is 2.24 bits per heavy atom. The van der Waals surface area contributed by atoms with Gasteiger partial charge in [0.25, 0.3) is 0 Å². The van der Waals surface area contributed by atoms with Crippen molar-refractivity contribution in [1.82, 2.24) is 0 Å². The minimum Gasteiger partial charge on any atom is -0.0625 e. The highest BCUT2D eigenvalue weighted by atomic mass is 14.6. The quantitative estimate of drug-likeness (QED) is 0.520. The molecule has 0 saturated heterocycles. The number of hydrogen-bond acceptors (Lipinski definition) is 0. The third-order valence-corrected chi connectivity index (χ3v) is 8.32. The lowest BCUT2D eigenvalue weighted by atomic mass is 9.58. The Bertz CT molecular complexity index is 377. The van der Waals surface area contributed by atoms with E-state index in [0.717, 1.165) is 35.5 Å². The molecule has 0 radical (unpaired) electrons. The largest absolute Gasteiger partial charge is 0.0625 e. The minimum atomic E-state index is 0.596. The van der Waals surface area contributed by atoms with Crippen molar-refractivity contribution in [2.45, 2.75) is 86.5 Å². The molecule has 0 bridgehead atoms. The van der Waals surface area contributed by atoms with E-state index in [1.165, 1.54) is 44.9 Å². The van der Waals surface area contributed by atoms with Crippen LogP contribution in [0.4, 0.5) is 0 Å². The Hall–Kier alpha value is 0. The third-order valence-electron chi connectivity index (χ3n) is 8.32. The lowest BCUT2D eigenvalue weighted by Crippen LogP contribution is -2.38. The van der Waals surface area contributed by atoms with Gasteiger partial charge < -0.3 is 0 Å². The van der Waals surface area contributed by atoms with Gasteiger partial charge in [-0.1, -0.05) is 48.0 Å². The van der Waals surface area contributed by atoms with Crippen LogP contribution in [0.2, 0.25) is 0 Å². The van der Waals surface area contributed by atoms with Crippen LogP contribution in [0, 0.1) is 46.3 Å². The molecule has 6 atom stereocenters. The van der Waals surface area contributed by atoms with Crippen LogP contribution in [0.5, 0.6) is 0 Å². The Labute approximate surface area is 133 Å². The summed E-state index contributed by atoms with van der Waals surface area (Å²) in [7, 11) is 0. The second-order valence-corrected chi connectivity index (χ2v) is 10.2. The Morgan fingerprint density at radius 1 is 1.14 bits per heavy atom. The Kier molecular flexibility index (Phi) is 3.99. The van der Waals surface area contributed by atoms with Crippen molar-refractivity contribution < 1.29 is 0 Å². The zero-order valence-corrected chi connectivity index (χ0v) is 15.4. The first-order chi connectivity index (χ1) is 9.75. The molecule has 0 spiro atoms. The molecule has 0 N–H and O–H groups in total. The molecule has 0 aliphatic heterocycles. The summed E-state index contributed by atoms with van der Waals surface area (Å²) in [5.74, 6) is 6.04. The monoisotopic (exact) mass is 290 g/mol. The van der Waals surface area contributed by atoms with E-state index in [9.17, 15) is 0 Å². The van der Waals surface area contributed by atoms with Crippen molar-refractivity contribution >= 4 is 0 Å². The van der Waals surface area contributed by atoms with Crippen molar-refractivity contribution in [3.8, 4) is 0 Å². The molecule has 3 aliphatic rings. The van der Waals surface area contributed by atoms with Gasteiger partial charge in [-0.15, -0.1) is 0 Å². The number of rotatable bonds is 6. The molecule has 6 unspecified atom stereocenters. The molecule has 0 aromatic rings. The summed E-state index contributed by atoms with van der Waals surface area (Å²) in [6.45, 7) is 15.2. The van der Waals surface area contributed by atoms with E-state index in [2.05, 4.69) is 41.5 Å². The maximum absolute atomic E-state index is 2.59. The maximum Gasteiger partial charge on any atom is -0.0266 e. The molecule has 3 aliphatic carbocycles. The summed E-state index contributed by atoms with van der Waals surface area (Å²) in [5.41, 5.74) is 1.30. The van der Waals surface area contributed by atoms with Crippen LogP contribution in [-0.4, -0.2) is 0 Å². The first-order valence-electron chi connectivity index (χ1n) is 9.75. The van der Waals surface area contributed by atoms with Crippen LogP contribution in [0.3, 0.4) is 0 Å². The smallest absolute Gasteiger partial charge is 0.0266 e. The molecule has 0 aromatic heterocycles. The normalized spacial score (nSPS) is 44.9. The van der Waals surface area contributed by atoms with Crippen LogP contribution >= 0.6 is 0 Å². The molecule has 21 heavy (non-hydrogen) atoms. The summed E-state index contributed by atoms with van der Waals surface area (Å²) < 4.78 is 0. The van der Waals surface area contributed by atoms with Crippen LogP contribution < -0.4 is 0 Å². The zero-order chi connectivity index (χ0) is 15.4. The fourth-order valence-corrected chi connectivity index (χ4v) is 6.18. The van der Waals surface area contributed by atoms with Gasteiger partial charge in [-0.2, -0.15) is 0 Å². The van der Waals surface area contributed by atoms with E-state index < -0.39 is 0 Å². The topological polar surface area (TPSA) is 0 Å². The summed E-state index contributed by atoms with van der Waals surface area (Å²) in [6.07, 6.45) is 10.4. The molecule has 3 rings (SSSR count). The van der Waals surface area contributed by atoms with Crippen LogP contribution in [-0.2, 0) is 0 Å². The van der Waals surface area contributed by atoms with Gasteiger partial charge in [0.05, 0.1) is 0 Å². The van der Waals surface area contributed by atoms with Gasteiger partial charge in [-0.05, 0) is 84.9 Å². The van der Waals surface area contributed by atoms with E-state index in [-0.39, 0.29) is 0 Å². The highest BCUT2D eigenvalue weighted by Gasteiger charge is 2.60. The van der Waals surface area contributed by atoms with E-state index in [1.807, 2.05) is 0 Å². The Morgan fingerprint density at radius 2 is 1.81 bits per heavy atom. The highest BCUT2D eigenvalue weighted by Crippen LogP contribution is 2.67. The van der Waals surface area contributed by atoms with Gasteiger partial charge in [-0.25, -0.2) is 0 Å². The molecule has 0 heteroatoms. The second-order valence-electron chi connectivity index (χ2n) is 10.2. The molecular formula is C21H38. The standard InChI is InChI=1S/C21H38/c1-14(13-20(4,5)17-8-7-9-17)12-18-16(3)19(18)21(6)11-10-15(21)2/h14-19H,7-13H2,1-6H3. The van der Waals surface area contributed by atoms with E-state index in [4.69, 9.17) is 0 Å². The van der Waals surface area contributed by atoms with Gasteiger partial charge >= 0.3 is 0 Å². The molecule has 0 heterocycles. The first-order valence-corrected chi connectivity index (χ1v) is 9.75. The maximum atomic E-state index is 2.59. The number of hydrogen-bond donors (Lipinski definition) is 0. The molecular weight excluding hydrogens is 252 g/mol. The molecule has 3 saturated carbocycles. The fourth-order valence-electron chi connectivity index (χ4n) is 6.18. The zero-order valence-electron chi connectivity index (χ0n) is 15.4. The molecule has 0 nitrogen and oxygen atoms in total. The lowest BCUT2D eigenvalue weighted by Gasteiger charge is -2.47. The summed E-state index contributed by atoms with van der Waals surface area (Å²) in [4.78, 5) is 0. The van der Waals surface area contributed by atoms with Crippen molar-refractivity contribution in [2.75, 3.05) is 0 Å². The molecule has 0 aromatic carbocycles. The predicted octanol–water partition coefficient (Wildman–Crippen LogP) is 6.55. The van der Waals surface area contributed by atoms with Crippen molar-refractivity contribution in [3.05, 3.63) is 0 Å². The second kappa shape index (κ2) is 5.27. The molecule has 0 amide bonds. The predicted molar refractivity (Wildman–Crippen MR) is 92.2 cm³/mol. The van der Waals surface area contributed by atoms with Gasteiger partial charge in [0.1, 0.15) is 0 Å². The summed E-state index contributed by atoms with van der Waals surface area (Å²) in [5, 5.41) is 0. The van der Waals surface area contributed by atoms with Crippen molar-refractivity contribution in [1.29, 1.82) is 0 Å². The van der Waals surface area contributed by atoms with Crippen LogP contribution in [0.1, 0.15) is 86.5 Å². The molecule has 122 valence electrons. The van der Waals surface area contributed by atoms with Gasteiger partial charge in [0.15, 0.2) is 0 Å². The SMILES string of the molecule is CC(CC1C(C)C1C1(C)CCC1C)CC(C)(C)C1CCC1. The first kappa shape index (κ1) is 15.9. The fraction of sp³-hybridized carbons (Fsp3) is 1.00. The average Bonchev–Trinajstić information content (AvgIpc) is 2.92. The van der Waals surface area contributed by atoms with E-state index in [1.54, 1.807) is 0 Å². The Balaban J connectivity index is 1.50. The van der Waals surface area contributed by atoms with Crippen LogP contribution in [0.15, 0.2) is 0 Å². The average molecular weight is 291 g/mol.